The normalized spacial score (nSPS) is 18.1. The van der Waals surface area contributed by atoms with Gasteiger partial charge >= 0.3 is 0 Å². The number of piperazine rings is 1. The van der Waals surface area contributed by atoms with Crippen LogP contribution in [0.5, 0.6) is 0 Å². The summed E-state index contributed by atoms with van der Waals surface area (Å²) in [7, 11) is -3.72. The molecule has 2 aromatic rings. The molecule has 31 heavy (non-hydrogen) atoms. The van der Waals surface area contributed by atoms with Crippen LogP contribution in [0.25, 0.3) is 0 Å². The van der Waals surface area contributed by atoms with Crippen molar-refractivity contribution in [3.8, 4) is 0 Å². The molecule has 0 aromatic heterocycles. The average Bonchev–Trinajstić information content (AvgIpc) is 2.74. The summed E-state index contributed by atoms with van der Waals surface area (Å²) in [5.74, 6) is 0. The van der Waals surface area contributed by atoms with Gasteiger partial charge in [-0.05, 0) is 42.8 Å². The first kappa shape index (κ1) is 24.7. The van der Waals surface area contributed by atoms with E-state index in [0.29, 0.717) is 42.8 Å². The number of rotatable bonds is 8. The lowest BCUT2D eigenvalue weighted by atomic mass is 10.1. The zero-order chi connectivity index (χ0) is 22.6. The molecule has 1 saturated heterocycles. The molecule has 1 aliphatic heterocycles. The molecule has 0 spiro atoms. The van der Waals surface area contributed by atoms with Crippen LogP contribution in [-0.4, -0.2) is 63.3 Å². The number of sulfonamides is 1. The maximum absolute atomic E-state index is 12.9. The van der Waals surface area contributed by atoms with Gasteiger partial charge in [0.05, 0.1) is 43.9 Å². The van der Waals surface area contributed by atoms with Crippen molar-refractivity contribution >= 4 is 44.8 Å². The summed E-state index contributed by atoms with van der Waals surface area (Å²) in [6.07, 6.45) is -0.804. The predicted molar refractivity (Wildman–Crippen MR) is 123 cm³/mol. The fourth-order valence-electron chi connectivity index (χ4n) is 3.54. The van der Waals surface area contributed by atoms with Crippen LogP contribution in [0.3, 0.4) is 0 Å². The molecule has 1 fully saturated rings. The highest BCUT2D eigenvalue weighted by molar-refractivity contribution is 7.89. The minimum atomic E-state index is -3.72. The summed E-state index contributed by atoms with van der Waals surface area (Å²) in [6.45, 7) is 4.47. The first-order chi connectivity index (χ1) is 14.7. The highest BCUT2D eigenvalue weighted by Gasteiger charge is 2.32. The fourth-order valence-corrected chi connectivity index (χ4v) is 5.84. The van der Waals surface area contributed by atoms with Crippen LogP contribution in [0, 0.1) is 0 Å². The molecule has 0 bridgehead atoms. The third-order valence-corrected chi connectivity index (χ3v) is 8.21. The number of hydrogen-bond acceptors (Lipinski definition) is 4. The van der Waals surface area contributed by atoms with Crippen molar-refractivity contribution in [1.29, 1.82) is 0 Å². The van der Waals surface area contributed by atoms with E-state index in [9.17, 15) is 13.5 Å². The van der Waals surface area contributed by atoms with Gasteiger partial charge in [-0.2, -0.15) is 4.31 Å². The lowest BCUT2D eigenvalue weighted by Gasteiger charge is -2.32. The first-order valence-corrected chi connectivity index (χ1v) is 12.6. The lowest BCUT2D eigenvalue weighted by Crippen LogP contribution is -3.15. The number of aliphatic hydroxyl groups is 1. The Labute approximate surface area is 198 Å². The zero-order valence-corrected chi connectivity index (χ0v) is 20.2. The van der Waals surface area contributed by atoms with Crippen molar-refractivity contribution in [3.63, 3.8) is 0 Å². The van der Waals surface area contributed by atoms with Crippen LogP contribution in [0.4, 0.5) is 0 Å². The van der Waals surface area contributed by atoms with Gasteiger partial charge in [0, 0.05) is 10.0 Å². The Balaban J connectivity index is 1.48. The summed E-state index contributed by atoms with van der Waals surface area (Å²) in [4.78, 5) is 1.15. The molecule has 6 nitrogen and oxygen atoms in total. The van der Waals surface area contributed by atoms with Gasteiger partial charge < -0.3 is 14.7 Å². The third kappa shape index (κ3) is 6.55. The fraction of sp³-hybridized carbons (Fsp3) is 0.429. The molecule has 1 aliphatic rings. The number of quaternary nitrogens is 1. The van der Waals surface area contributed by atoms with E-state index in [4.69, 9.17) is 39.5 Å². The van der Waals surface area contributed by atoms with E-state index >= 15 is 0 Å². The van der Waals surface area contributed by atoms with Crippen LogP contribution in [-0.2, 0) is 14.8 Å². The first-order valence-electron chi connectivity index (χ1n) is 10.0. The summed E-state index contributed by atoms with van der Waals surface area (Å²) >= 11 is 17.9. The van der Waals surface area contributed by atoms with Crippen molar-refractivity contribution in [2.75, 3.05) is 39.3 Å². The van der Waals surface area contributed by atoms with Crippen molar-refractivity contribution in [3.05, 3.63) is 63.1 Å². The molecule has 0 amide bonds. The van der Waals surface area contributed by atoms with Crippen molar-refractivity contribution in [2.45, 2.75) is 24.0 Å². The zero-order valence-electron chi connectivity index (χ0n) is 17.1. The maximum atomic E-state index is 12.9. The van der Waals surface area contributed by atoms with E-state index in [-0.39, 0.29) is 22.6 Å². The molecular weight excluding hydrogens is 483 g/mol. The monoisotopic (exact) mass is 507 g/mol. The van der Waals surface area contributed by atoms with E-state index in [1.165, 1.54) is 16.4 Å². The van der Waals surface area contributed by atoms with Crippen LogP contribution in [0.15, 0.2) is 47.4 Å². The summed E-state index contributed by atoms with van der Waals surface area (Å²) in [6, 6.07) is 11.8. The standard InChI is InChI=1S/C21H25Cl3N2O4S/c1-15(16-2-4-17(22)5-3-16)30-14-19(27)13-25-8-10-26(11-9-25)31(28,29)21-12-18(23)6-7-20(21)24/h2-7,12,15,19,27H,8-11,13-14H2,1H3/p+1/t15-,19+/m0/s1. The Kier molecular flexibility index (Phi) is 8.63. The molecule has 170 valence electrons. The number of benzene rings is 2. The van der Waals surface area contributed by atoms with E-state index in [0.717, 1.165) is 10.5 Å². The Morgan fingerprint density at radius 2 is 1.68 bits per heavy atom. The lowest BCUT2D eigenvalue weighted by molar-refractivity contribution is -0.906. The van der Waals surface area contributed by atoms with Crippen LogP contribution < -0.4 is 4.90 Å². The molecular formula is C21H26Cl3N2O4S+. The quantitative estimate of drug-likeness (QED) is 0.575. The predicted octanol–water partition coefficient (Wildman–Crippen LogP) is 2.67. The van der Waals surface area contributed by atoms with Gasteiger partial charge in [0.15, 0.2) is 0 Å². The third-order valence-electron chi connectivity index (χ3n) is 5.34. The molecule has 3 rings (SSSR count). The number of ether oxygens (including phenoxy) is 1. The SMILES string of the molecule is C[C@H](OC[C@H](O)C[NH+]1CCN(S(=O)(=O)c2cc(Cl)ccc2Cl)CC1)c1ccc(Cl)cc1. The minimum absolute atomic E-state index is 0.0229. The summed E-state index contributed by atoms with van der Waals surface area (Å²) in [5.41, 5.74) is 0.988. The molecule has 1 heterocycles. The number of nitrogens with zero attached hydrogens (tertiary/aromatic N) is 1. The topological polar surface area (TPSA) is 71.3 Å². The molecule has 2 N–H and O–H groups in total. The summed E-state index contributed by atoms with van der Waals surface area (Å²) < 4.78 is 33.0. The highest BCUT2D eigenvalue weighted by Crippen LogP contribution is 2.27. The molecule has 2 atom stereocenters. The second kappa shape index (κ2) is 10.8. The van der Waals surface area contributed by atoms with Crippen LogP contribution >= 0.6 is 34.8 Å². The van der Waals surface area contributed by atoms with E-state index in [2.05, 4.69) is 0 Å². The Hall–Kier alpha value is -0.900. The molecule has 2 aromatic carbocycles. The minimum Gasteiger partial charge on any atom is -0.385 e. The Bertz CT molecular complexity index is 981. The highest BCUT2D eigenvalue weighted by atomic mass is 35.5. The van der Waals surface area contributed by atoms with Crippen LogP contribution in [0.2, 0.25) is 15.1 Å². The second-order valence-electron chi connectivity index (χ2n) is 7.61. The molecule has 0 unspecified atom stereocenters. The van der Waals surface area contributed by atoms with E-state index in [1.807, 2.05) is 19.1 Å². The Morgan fingerprint density at radius 3 is 2.32 bits per heavy atom. The Morgan fingerprint density at radius 1 is 1.06 bits per heavy atom. The summed E-state index contributed by atoms with van der Waals surface area (Å²) in [5, 5.41) is 11.5. The van der Waals surface area contributed by atoms with Crippen molar-refractivity contribution in [1.82, 2.24) is 4.31 Å². The maximum Gasteiger partial charge on any atom is 0.245 e. The van der Waals surface area contributed by atoms with Gasteiger partial charge in [-0.1, -0.05) is 46.9 Å². The number of nitrogens with one attached hydrogen (secondary N) is 1. The average molecular weight is 509 g/mol. The second-order valence-corrected chi connectivity index (χ2v) is 10.8. The molecule has 0 aliphatic carbocycles. The van der Waals surface area contributed by atoms with E-state index in [1.54, 1.807) is 18.2 Å². The smallest absolute Gasteiger partial charge is 0.245 e. The van der Waals surface area contributed by atoms with Crippen LogP contribution in [0.1, 0.15) is 18.6 Å². The van der Waals surface area contributed by atoms with Gasteiger partial charge in [-0.15, -0.1) is 0 Å². The van der Waals surface area contributed by atoms with Gasteiger partial charge in [-0.25, -0.2) is 8.42 Å². The number of hydrogen-bond donors (Lipinski definition) is 2. The van der Waals surface area contributed by atoms with E-state index < -0.39 is 16.1 Å². The van der Waals surface area contributed by atoms with Gasteiger partial charge in [0.25, 0.3) is 0 Å². The van der Waals surface area contributed by atoms with Gasteiger partial charge in [-0.3, -0.25) is 0 Å². The molecule has 0 saturated carbocycles. The molecule has 10 heteroatoms. The van der Waals surface area contributed by atoms with Gasteiger partial charge in [0.2, 0.25) is 10.0 Å². The van der Waals surface area contributed by atoms with Crippen molar-refractivity contribution in [2.24, 2.45) is 0 Å². The van der Waals surface area contributed by atoms with Crippen molar-refractivity contribution < 1.29 is 23.2 Å². The molecule has 0 radical (unpaired) electrons. The largest absolute Gasteiger partial charge is 0.385 e. The number of halogens is 3. The number of aliphatic hydroxyl groups excluding tert-OH is 1. The van der Waals surface area contributed by atoms with Gasteiger partial charge in [0.1, 0.15) is 17.5 Å².